The summed E-state index contributed by atoms with van der Waals surface area (Å²) < 4.78 is 15.7. The van der Waals surface area contributed by atoms with E-state index in [4.69, 9.17) is 13.8 Å². The van der Waals surface area contributed by atoms with Gasteiger partial charge in [-0.3, -0.25) is 0 Å². The second kappa shape index (κ2) is 14.0. The van der Waals surface area contributed by atoms with Crippen molar-refractivity contribution in [1.29, 1.82) is 0 Å². The van der Waals surface area contributed by atoms with Crippen molar-refractivity contribution in [3.05, 3.63) is 206 Å². The summed E-state index contributed by atoms with van der Waals surface area (Å²) in [4.78, 5) is 7.34. The number of nitrogens with zero attached hydrogens (tertiary/aromatic N) is 2. The average molecular weight is 787 g/mol. The summed E-state index contributed by atoms with van der Waals surface area (Å²) in [5.41, 5.74) is 14.0. The third-order valence-electron chi connectivity index (χ3n) is 11.5. The molecule has 12 aromatic rings. The average Bonchev–Trinajstić information content (AvgIpc) is 4.04. The number of furan rings is 1. The summed E-state index contributed by atoms with van der Waals surface area (Å²) in [7, 11) is 0. The highest BCUT2D eigenvalue weighted by Crippen LogP contribution is 2.45. The van der Waals surface area contributed by atoms with Gasteiger partial charge in [-0.25, -0.2) is 4.98 Å². The standard InChI is InChI=1S/C55H34N2O2S/c1-3-12-35(13-4-1)36-22-28-40(29-23-36)57(41-30-24-37(25-31-41)43-18-11-19-45-44-16-8-10-21-50(44)60-54(43)45)42-32-26-38(27-33-42)47-34-49-52(56-55(59-49)39-14-5-2-6-15-39)51-46-17-7-9-20-48(46)58-53(47)51/h1-34H. The molecule has 5 heteroatoms. The van der Waals surface area contributed by atoms with E-state index in [0.717, 1.165) is 66.8 Å². The van der Waals surface area contributed by atoms with Crippen LogP contribution < -0.4 is 4.90 Å². The van der Waals surface area contributed by atoms with Gasteiger partial charge in [0, 0.05) is 53.7 Å². The molecule has 0 aliphatic heterocycles. The predicted octanol–water partition coefficient (Wildman–Crippen LogP) is 16.2. The van der Waals surface area contributed by atoms with E-state index in [0.29, 0.717) is 5.89 Å². The normalized spacial score (nSPS) is 11.7. The van der Waals surface area contributed by atoms with E-state index < -0.39 is 0 Å². The fourth-order valence-corrected chi connectivity index (χ4v) is 9.87. The van der Waals surface area contributed by atoms with Crippen LogP contribution in [0.4, 0.5) is 17.1 Å². The Morgan fingerprint density at radius 2 is 0.950 bits per heavy atom. The molecular weight excluding hydrogens is 753 g/mol. The molecule has 0 fully saturated rings. The molecule has 4 nitrogen and oxygen atoms in total. The van der Waals surface area contributed by atoms with Crippen LogP contribution >= 0.6 is 11.3 Å². The Balaban J connectivity index is 0.970. The molecule has 0 atom stereocenters. The first-order valence-corrected chi connectivity index (χ1v) is 20.9. The minimum atomic E-state index is 0.588. The maximum atomic E-state index is 6.63. The lowest BCUT2D eigenvalue weighted by Crippen LogP contribution is -2.09. The van der Waals surface area contributed by atoms with Gasteiger partial charge in [0.1, 0.15) is 16.7 Å². The van der Waals surface area contributed by atoms with Gasteiger partial charge in [0.25, 0.3) is 0 Å². The van der Waals surface area contributed by atoms with E-state index in [2.05, 4.69) is 163 Å². The summed E-state index contributed by atoms with van der Waals surface area (Å²) in [6.07, 6.45) is 0. The molecule has 3 aromatic heterocycles. The quantitative estimate of drug-likeness (QED) is 0.161. The van der Waals surface area contributed by atoms with E-state index >= 15 is 0 Å². The smallest absolute Gasteiger partial charge is 0.227 e. The molecule has 0 N–H and O–H groups in total. The number of hydrogen-bond acceptors (Lipinski definition) is 5. The lowest BCUT2D eigenvalue weighted by molar-refractivity contribution is 0.619. The second-order valence-corrected chi connectivity index (χ2v) is 16.1. The Labute approximate surface area is 349 Å². The first kappa shape index (κ1) is 34.3. The Bertz CT molecular complexity index is 3510. The SMILES string of the molecule is c1ccc(-c2ccc(N(c3ccc(-c4cc5oc(-c6ccccc6)nc5c5c4oc4ccccc45)cc3)c3ccc(-c4cccc5c4sc4ccccc45)cc3)cc2)cc1. The molecule has 0 amide bonds. The van der Waals surface area contributed by atoms with Crippen molar-refractivity contribution in [2.75, 3.05) is 4.90 Å². The molecule has 0 aliphatic rings. The van der Waals surface area contributed by atoms with Gasteiger partial charge in [-0.05, 0) is 94.5 Å². The number of rotatable bonds is 7. The third-order valence-corrected chi connectivity index (χ3v) is 12.8. The summed E-state index contributed by atoms with van der Waals surface area (Å²) in [6.45, 7) is 0. The molecular formula is C55H34N2O2S. The van der Waals surface area contributed by atoms with Gasteiger partial charge >= 0.3 is 0 Å². The highest BCUT2D eigenvalue weighted by molar-refractivity contribution is 7.26. The number of fused-ring (bicyclic) bond motifs is 8. The van der Waals surface area contributed by atoms with Crippen LogP contribution in [0.3, 0.4) is 0 Å². The molecule has 0 unspecified atom stereocenters. The number of oxazole rings is 1. The van der Waals surface area contributed by atoms with Gasteiger partial charge in [-0.15, -0.1) is 11.3 Å². The highest BCUT2D eigenvalue weighted by atomic mass is 32.1. The molecule has 60 heavy (non-hydrogen) atoms. The summed E-state index contributed by atoms with van der Waals surface area (Å²) in [6, 6.07) is 72.7. The van der Waals surface area contributed by atoms with Crippen molar-refractivity contribution >= 4 is 81.6 Å². The van der Waals surface area contributed by atoms with E-state index in [1.165, 1.54) is 42.4 Å². The van der Waals surface area contributed by atoms with Crippen LogP contribution in [0.1, 0.15) is 0 Å². The summed E-state index contributed by atoms with van der Waals surface area (Å²) in [5.74, 6) is 0.588. The Morgan fingerprint density at radius 3 is 1.65 bits per heavy atom. The van der Waals surface area contributed by atoms with Crippen LogP contribution in [0, 0.1) is 0 Å². The van der Waals surface area contributed by atoms with Crippen molar-refractivity contribution in [2.24, 2.45) is 0 Å². The summed E-state index contributed by atoms with van der Waals surface area (Å²) >= 11 is 1.86. The first-order valence-electron chi connectivity index (χ1n) is 20.1. The molecule has 3 heterocycles. The highest BCUT2D eigenvalue weighted by Gasteiger charge is 2.22. The van der Waals surface area contributed by atoms with E-state index in [1.54, 1.807) is 0 Å². The number of anilines is 3. The third kappa shape index (κ3) is 5.70. The molecule has 0 bridgehead atoms. The van der Waals surface area contributed by atoms with E-state index in [9.17, 15) is 0 Å². The van der Waals surface area contributed by atoms with Crippen molar-refractivity contribution in [1.82, 2.24) is 4.98 Å². The Hall–Kier alpha value is -7.73. The Morgan fingerprint density at radius 1 is 0.400 bits per heavy atom. The minimum absolute atomic E-state index is 0.588. The van der Waals surface area contributed by atoms with Crippen molar-refractivity contribution in [3.63, 3.8) is 0 Å². The molecule has 0 aliphatic carbocycles. The van der Waals surface area contributed by atoms with Crippen molar-refractivity contribution < 1.29 is 8.83 Å². The summed E-state index contributed by atoms with van der Waals surface area (Å²) in [5, 5.41) is 4.58. The molecule has 0 spiro atoms. The van der Waals surface area contributed by atoms with Crippen LogP contribution in [-0.2, 0) is 0 Å². The van der Waals surface area contributed by atoms with Crippen LogP contribution in [-0.4, -0.2) is 4.98 Å². The van der Waals surface area contributed by atoms with Crippen LogP contribution in [0.2, 0.25) is 0 Å². The first-order chi connectivity index (χ1) is 29.7. The monoisotopic (exact) mass is 786 g/mol. The topological polar surface area (TPSA) is 42.4 Å². The van der Waals surface area contributed by atoms with Gasteiger partial charge in [0.2, 0.25) is 5.89 Å². The molecule has 0 saturated heterocycles. The van der Waals surface area contributed by atoms with E-state index in [1.807, 2.05) is 59.9 Å². The number of thiophene rings is 1. The maximum Gasteiger partial charge on any atom is 0.227 e. The molecule has 12 rings (SSSR count). The molecule has 9 aromatic carbocycles. The largest absolute Gasteiger partial charge is 0.455 e. The van der Waals surface area contributed by atoms with Gasteiger partial charge in [-0.1, -0.05) is 140 Å². The number of hydrogen-bond donors (Lipinski definition) is 0. The zero-order valence-electron chi connectivity index (χ0n) is 32.2. The van der Waals surface area contributed by atoms with Crippen molar-refractivity contribution in [2.45, 2.75) is 0 Å². The van der Waals surface area contributed by atoms with E-state index in [-0.39, 0.29) is 0 Å². The predicted molar refractivity (Wildman–Crippen MR) is 251 cm³/mol. The fourth-order valence-electron chi connectivity index (χ4n) is 8.63. The van der Waals surface area contributed by atoms with Crippen LogP contribution in [0.25, 0.3) is 98.0 Å². The second-order valence-electron chi connectivity index (χ2n) is 15.1. The Kier molecular flexibility index (Phi) is 8.00. The molecule has 0 saturated carbocycles. The minimum Gasteiger partial charge on any atom is -0.455 e. The lowest BCUT2D eigenvalue weighted by atomic mass is 10.00. The van der Waals surface area contributed by atoms with Gasteiger partial charge in [0.15, 0.2) is 5.58 Å². The molecule has 282 valence electrons. The number of aromatic nitrogens is 1. The van der Waals surface area contributed by atoms with Gasteiger partial charge in [-0.2, -0.15) is 0 Å². The van der Waals surface area contributed by atoms with Crippen molar-refractivity contribution in [3.8, 4) is 44.8 Å². The lowest BCUT2D eigenvalue weighted by Gasteiger charge is -2.26. The van der Waals surface area contributed by atoms with Crippen LogP contribution in [0.15, 0.2) is 215 Å². The van der Waals surface area contributed by atoms with Gasteiger partial charge < -0.3 is 13.7 Å². The number of para-hydroxylation sites is 1. The number of benzene rings is 9. The zero-order valence-corrected chi connectivity index (χ0v) is 33.1. The van der Waals surface area contributed by atoms with Crippen LogP contribution in [0.5, 0.6) is 0 Å². The molecule has 0 radical (unpaired) electrons. The fraction of sp³-hybridized carbons (Fsp3) is 0. The van der Waals surface area contributed by atoms with Gasteiger partial charge in [0.05, 0.1) is 5.39 Å². The zero-order chi connectivity index (χ0) is 39.6. The maximum absolute atomic E-state index is 6.63.